The third-order valence-corrected chi connectivity index (χ3v) is 5.63. The Kier molecular flexibility index (Phi) is 4.67. The molecule has 3 aromatic carbocycles. The second-order valence-corrected chi connectivity index (χ2v) is 7.50. The van der Waals surface area contributed by atoms with Gasteiger partial charge < -0.3 is 0 Å². The van der Waals surface area contributed by atoms with E-state index in [1.54, 1.807) is 30.3 Å². The van der Waals surface area contributed by atoms with Crippen LogP contribution in [0.4, 0.5) is 21.5 Å². The van der Waals surface area contributed by atoms with Gasteiger partial charge in [0.1, 0.15) is 11.7 Å². The van der Waals surface area contributed by atoms with Crippen LogP contribution >= 0.6 is 0 Å². The lowest BCUT2D eigenvalue weighted by molar-refractivity contribution is -0.384. The van der Waals surface area contributed by atoms with Crippen molar-refractivity contribution in [1.29, 1.82) is 0 Å². The summed E-state index contributed by atoms with van der Waals surface area (Å²) >= 11 is 0. The summed E-state index contributed by atoms with van der Waals surface area (Å²) in [6, 6.07) is 19.1. The van der Waals surface area contributed by atoms with Gasteiger partial charge in [0.2, 0.25) is 5.91 Å². The molecule has 32 heavy (non-hydrogen) atoms. The van der Waals surface area contributed by atoms with Crippen LogP contribution in [0, 0.1) is 21.8 Å². The summed E-state index contributed by atoms with van der Waals surface area (Å²) in [6.45, 7) is 0. The molecule has 160 valence electrons. The number of fused-ring (bicyclic) bond motifs is 1. The van der Waals surface area contributed by atoms with E-state index < -0.39 is 40.6 Å². The zero-order chi connectivity index (χ0) is 22.4. The number of anilines is 2. The molecular weight excluding hydrogens is 417 g/mol. The van der Waals surface area contributed by atoms with Gasteiger partial charge in [0.15, 0.2) is 6.10 Å². The van der Waals surface area contributed by atoms with Crippen LogP contribution in [0.15, 0.2) is 78.9 Å². The molecule has 9 heteroatoms. The minimum absolute atomic E-state index is 0.133. The quantitative estimate of drug-likeness (QED) is 0.353. The number of halogens is 1. The predicted molar refractivity (Wildman–Crippen MR) is 112 cm³/mol. The van der Waals surface area contributed by atoms with Crippen LogP contribution in [0.25, 0.3) is 0 Å². The van der Waals surface area contributed by atoms with Crippen LogP contribution in [-0.2, 0) is 14.4 Å². The molecule has 5 rings (SSSR count). The highest BCUT2D eigenvalue weighted by molar-refractivity contribution is 6.23. The van der Waals surface area contributed by atoms with E-state index in [4.69, 9.17) is 4.84 Å². The largest absolute Gasteiger partial charge is 0.273 e. The average molecular weight is 433 g/mol. The number of nitrogens with zero attached hydrogens (tertiary/aromatic N) is 3. The fourth-order valence-corrected chi connectivity index (χ4v) is 4.22. The highest BCUT2D eigenvalue weighted by atomic mass is 19.1. The molecule has 0 N–H and O–H groups in total. The normalized spacial score (nSPS) is 22.3. The van der Waals surface area contributed by atoms with Gasteiger partial charge in [-0.1, -0.05) is 30.3 Å². The van der Waals surface area contributed by atoms with Crippen LogP contribution in [0.1, 0.15) is 11.6 Å². The third kappa shape index (κ3) is 3.10. The van der Waals surface area contributed by atoms with Crippen LogP contribution < -0.4 is 9.96 Å². The monoisotopic (exact) mass is 433 g/mol. The van der Waals surface area contributed by atoms with Crippen molar-refractivity contribution >= 4 is 28.9 Å². The van der Waals surface area contributed by atoms with Crippen LogP contribution in [0.2, 0.25) is 0 Å². The topological polar surface area (TPSA) is 93.0 Å². The predicted octanol–water partition coefficient (Wildman–Crippen LogP) is 3.79. The molecule has 2 amide bonds. The number of amides is 2. The number of rotatable bonds is 4. The van der Waals surface area contributed by atoms with Crippen molar-refractivity contribution in [3.05, 3.63) is 100 Å². The van der Waals surface area contributed by atoms with Crippen molar-refractivity contribution in [1.82, 2.24) is 0 Å². The number of carbonyl (C=O) groups is 2. The summed E-state index contributed by atoms with van der Waals surface area (Å²) in [7, 11) is 0. The first-order valence-electron chi connectivity index (χ1n) is 9.84. The molecule has 2 aliphatic rings. The molecule has 0 aliphatic carbocycles. The molecule has 2 heterocycles. The van der Waals surface area contributed by atoms with Crippen LogP contribution in [-0.4, -0.2) is 22.8 Å². The van der Waals surface area contributed by atoms with Gasteiger partial charge in [-0.3, -0.25) is 24.5 Å². The number of para-hydroxylation sites is 1. The molecule has 0 radical (unpaired) electrons. The van der Waals surface area contributed by atoms with Gasteiger partial charge >= 0.3 is 0 Å². The summed E-state index contributed by atoms with van der Waals surface area (Å²) in [5.41, 5.74) is 1.18. The number of non-ortho nitro benzene ring substituents is 1. The van der Waals surface area contributed by atoms with E-state index in [-0.39, 0.29) is 11.4 Å². The summed E-state index contributed by atoms with van der Waals surface area (Å²) in [5.74, 6) is -2.51. The first-order valence-corrected chi connectivity index (χ1v) is 9.84. The first-order chi connectivity index (χ1) is 15.5. The van der Waals surface area contributed by atoms with Gasteiger partial charge in [-0.05, 0) is 42.0 Å². The first kappa shape index (κ1) is 19.8. The van der Waals surface area contributed by atoms with E-state index in [1.165, 1.54) is 47.5 Å². The number of nitro benzene ring substituents is 1. The fourth-order valence-electron chi connectivity index (χ4n) is 4.22. The van der Waals surface area contributed by atoms with Crippen molar-refractivity contribution in [2.75, 3.05) is 9.96 Å². The highest BCUT2D eigenvalue weighted by Gasteiger charge is 2.60. The van der Waals surface area contributed by atoms with Gasteiger partial charge in [-0.2, -0.15) is 0 Å². The Morgan fingerprint density at radius 3 is 2.28 bits per heavy atom. The van der Waals surface area contributed by atoms with Crippen LogP contribution in [0.5, 0.6) is 0 Å². The summed E-state index contributed by atoms with van der Waals surface area (Å²) in [4.78, 5) is 44.4. The Morgan fingerprint density at radius 1 is 0.875 bits per heavy atom. The van der Waals surface area contributed by atoms with Crippen molar-refractivity contribution in [3.63, 3.8) is 0 Å². The third-order valence-electron chi connectivity index (χ3n) is 5.63. The lowest BCUT2D eigenvalue weighted by Crippen LogP contribution is -2.37. The number of hydroxylamine groups is 1. The minimum atomic E-state index is -1.11. The van der Waals surface area contributed by atoms with Gasteiger partial charge in [-0.25, -0.2) is 14.4 Å². The molecule has 0 bridgehead atoms. The highest BCUT2D eigenvalue weighted by Crippen LogP contribution is 2.47. The number of imide groups is 1. The second-order valence-electron chi connectivity index (χ2n) is 7.50. The Balaban J connectivity index is 1.60. The molecule has 8 nitrogen and oxygen atoms in total. The molecule has 2 saturated heterocycles. The molecule has 3 aromatic rings. The number of hydrogen-bond acceptors (Lipinski definition) is 6. The average Bonchev–Trinajstić information content (AvgIpc) is 3.31. The molecular formula is C23H16FN3O5. The summed E-state index contributed by atoms with van der Waals surface area (Å²) < 4.78 is 13.3. The molecule has 2 aliphatic heterocycles. The minimum Gasteiger partial charge on any atom is -0.273 e. The maximum absolute atomic E-state index is 13.4. The molecule has 0 spiro atoms. The number of nitro groups is 1. The van der Waals surface area contributed by atoms with Crippen molar-refractivity contribution < 1.29 is 23.7 Å². The van der Waals surface area contributed by atoms with E-state index in [0.29, 0.717) is 11.3 Å². The maximum Gasteiger partial charge on any atom is 0.269 e. The van der Waals surface area contributed by atoms with Gasteiger partial charge in [-0.15, -0.1) is 0 Å². The number of hydrogen-bond donors (Lipinski definition) is 0. The van der Waals surface area contributed by atoms with Crippen molar-refractivity contribution in [2.24, 2.45) is 5.92 Å². The second kappa shape index (κ2) is 7.54. The number of benzene rings is 3. The lowest BCUT2D eigenvalue weighted by atomic mass is 9.90. The standard InChI is InChI=1S/C23H16FN3O5/c24-15-9-11-16(12-10-15)25-22(28)19-20(14-5-4-8-18(13-14)27(30)31)26(32-21(19)23(25)29)17-6-2-1-3-7-17/h1-13,19-21H/t19-,20-,21+/m0/s1. The summed E-state index contributed by atoms with van der Waals surface area (Å²) in [5, 5.41) is 12.8. The molecule has 0 saturated carbocycles. The zero-order valence-electron chi connectivity index (χ0n) is 16.5. The molecule has 0 unspecified atom stereocenters. The zero-order valence-corrected chi connectivity index (χ0v) is 16.5. The summed E-state index contributed by atoms with van der Waals surface area (Å²) in [6.07, 6.45) is -1.11. The van der Waals surface area contributed by atoms with E-state index in [9.17, 15) is 24.1 Å². The molecule has 0 aromatic heterocycles. The molecule has 2 fully saturated rings. The van der Waals surface area contributed by atoms with E-state index in [1.807, 2.05) is 6.07 Å². The van der Waals surface area contributed by atoms with E-state index >= 15 is 0 Å². The lowest BCUT2D eigenvalue weighted by Gasteiger charge is -2.28. The molecule has 3 atom stereocenters. The Morgan fingerprint density at radius 2 is 1.59 bits per heavy atom. The van der Waals surface area contributed by atoms with E-state index in [0.717, 1.165) is 4.90 Å². The SMILES string of the molecule is O=C1[C@@H]2[C@@H](ON(c3ccccc3)[C@H]2c2cccc([N+](=O)[O-])c2)C(=O)N1c1ccc(F)cc1. The van der Waals surface area contributed by atoms with E-state index in [2.05, 4.69) is 0 Å². The van der Waals surface area contributed by atoms with Gasteiger partial charge in [0.25, 0.3) is 11.6 Å². The fraction of sp³-hybridized carbons (Fsp3) is 0.130. The Hall–Kier alpha value is -4.11. The van der Waals surface area contributed by atoms with Gasteiger partial charge in [0, 0.05) is 12.1 Å². The smallest absolute Gasteiger partial charge is 0.269 e. The van der Waals surface area contributed by atoms with Gasteiger partial charge in [0.05, 0.1) is 22.3 Å². The van der Waals surface area contributed by atoms with Crippen molar-refractivity contribution in [2.45, 2.75) is 12.1 Å². The Bertz CT molecular complexity index is 1220. The number of carbonyl (C=O) groups excluding carboxylic acids is 2. The van der Waals surface area contributed by atoms with Crippen molar-refractivity contribution in [3.8, 4) is 0 Å². The maximum atomic E-state index is 13.4. The van der Waals surface area contributed by atoms with Crippen LogP contribution in [0.3, 0.4) is 0 Å². The Labute approximate surface area is 181 Å².